The van der Waals surface area contributed by atoms with Crippen molar-refractivity contribution >= 4 is 5.69 Å². The zero-order valence-electron chi connectivity index (χ0n) is 11.8. The largest absolute Gasteiger partial charge is 0.494 e. The third kappa shape index (κ3) is 6.76. The molecule has 1 rings (SSSR count). The van der Waals surface area contributed by atoms with Gasteiger partial charge < -0.3 is 10.1 Å². The zero-order valence-corrected chi connectivity index (χ0v) is 11.8. The molecule has 19 heavy (non-hydrogen) atoms. The van der Waals surface area contributed by atoms with Gasteiger partial charge in [0.05, 0.1) is 11.5 Å². The van der Waals surface area contributed by atoms with Gasteiger partial charge in [-0.2, -0.15) is 0 Å². The van der Waals surface area contributed by atoms with Gasteiger partial charge in [0, 0.05) is 17.7 Å². The number of nitro groups is 1. The lowest BCUT2D eigenvalue weighted by Crippen LogP contribution is -2.36. The molecule has 0 bridgehead atoms. The highest BCUT2D eigenvalue weighted by molar-refractivity contribution is 5.35. The minimum Gasteiger partial charge on any atom is -0.494 e. The molecule has 1 aromatic rings. The summed E-state index contributed by atoms with van der Waals surface area (Å²) in [5, 5.41) is 13.9. The third-order valence-corrected chi connectivity index (χ3v) is 2.54. The van der Waals surface area contributed by atoms with Crippen molar-refractivity contribution in [1.29, 1.82) is 0 Å². The van der Waals surface area contributed by atoms with Crippen molar-refractivity contribution in [3.05, 3.63) is 34.4 Å². The molecule has 0 aliphatic rings. The van der Waals surface area contributed by atoms with Crippen molar-refractivity contribution in [3.8, 4) is 5.75 Å². The number of rotatable bonds is 7. The van der Waals surface area contributed by atoms with Gasteiger partial charge in [0.1, 0.15) is 5.75 Å². The van der Waals surface area contributed by atoms with E-state index in [1.54, 1.807) is 12.1 Å². The van der Waals surface area contributed by atoms with Crippen molar-refractivity contribution in [2.24, 2.45) is 0 Å². The summed E-state index contributed by atoms with van der Waals surface area (Å²) >= 11 is 0. The summed E-state index contributed by atoms with van der Waals surface area (Å²) in [7, 11) is 0. The number of hydrogen-bond acceptors (Lipinski definition) is 4. The van der Waals surface area contributed by atoms with Gasteiger partial charge in [-0.1, -0.05) is 0 Å². The fraction of sp³-hybridized carbons (Fsp3) is 0.571. The first-order valence-electron chi connectivity index (χ1n) is 6.51. The Balaban J connectivity index is 2.17. The summed E-state index contributed by atoms with van der Waals surface area (Å²) in [6, 6.07) is 6.17. The van der Waals surface area contributed by atoms with Crippen LogP contribution in [0.15, 0.2) is 24.3 Å². The molecule has 0 saturated heterocycles. The lowest BCUT2D eigenvalue weighted by atomic mass is 10.1. The maximum absolute atomic E-state index is 10.5. The second kappa shape index (κ2) is 7.09. The summed E-state index contributed by atoms with van der Waals surface area (Å²) < 4.78 is 5.52. The maximum Gasteiger partial charge on any atom is 0.269 e. The zero-order chi connectivity index (χ0) is 14.3. The molecule has 5 nitrogen and oxygen atoms in total. The second-order valence-electron chi connectivity index (χ2n) is 5.48. The van der Waals surface area contributed by atoms with Crippen LogP contribution in [0.3, 0.4) is 0 Å². The van der Waals surface area contributed by atoms with Crippen LogP contribution in [0, 0.1) is 10.1 Å². The molecule has 0 aliphatic carbocycles. The molecule has 5 heteroatoms. The summed E-state index contributed by atoms with van der Waals surface area (Å²) in [6.07, 6.45) is 2.00. The molecule has 0 heterocycles. The predicted octanol–water partition coefficient (Wildman–Crippen LogP) is 3.14. The molecular weight excluding hydrogens is 244 g/mol. The molecule has 0 saturated carbocycles. The minimum atomic E-state index is -0.415. The van der Waals surface area contributed by atoms with Crippen molar-refractivity contribution in [2.75, 3.05) is 13.2 Å². The van der Waals surface area contributed by atoms with Gasteiger partial charge in [-0.3, -0.25) is 10.1 Å². The Kier molecular flexibility index (Phi) is 5.76. The summed E-state index contributed by atoms with van der Waals surface area (Å²) in [6.45, 7) is 8.01. The van der Waals surface area contributed by atoms with Crippen LogP contribution < -0.4 is 10.1 Å². The first-order valence-corrected chi connectivity index (χ1v) is 6.51. The highest BCUT2D eigenvalue weighted by Gasteiger charge is 2.07. The molecule has 1 N–H and O–H groups in total. The number of nitrogens with zero attached hydrogens (tertiary/aromatic N) is 1. The number of ether oxygens (including phenoxy) is 1. The molecule has 1 aromatic carbocycles. The highest BCUT2D eigenvalue weighted by atomic mass is 16.6. The first-order chi connectivity index (χ1) is 8.88. The molecule has 0 aliphatic heterocycles. The lowest BCUT2D eigenvalue weighted by molar-refractivity contribution is -0.384. The van der Waals surface area contributed by atoms with Crippen LogP contribution in [-0.2, 0) is 0 Å². The van der Waals surface area contributed by atoms with Gasteiger partial charge in [-0.05, 0) is 52.3 Å². The van der Waals surface area contributed by atoms with Crippen molar-refractivity contribution < 1.29 is 9.66 Å². The molecular formula is C14H22N2O3. The van der Waals surface area contributed by atoms with E-state index in [9.17, 15) is 10.1 Å². The predicted molar refractivity (Wildman–Crippen MR) is 75.6 cm³/mol. The SMILES string of the molecule is CC(C)(C)NCCCCOc1ccc([N+](=O)[O-])cc1. The van der Waals surface area contributed by atoms with Crippen LogP contribution in [0.5, 0.6) is 5.75 Å². The molecule has 106 valence electrons. The number of non-ortho nitro benzene ring substituents is 1. The Morgan fingerprint density at radius 1 is 1.21 bits per heavy atom. The van der Waals surface area contributed by atoms with Gasteiger partial charge in [0.25, 0.3) is 5.69 Å². The van der Waals surface area contributed by atoms with E-state index in [0.717, 1.165) is 19.4 Å². The van der Waals surface area contributed by atoms with E-state index < -0.39 is 4.92 Å². The van der Waals surface area contributed by atoms with E-state index in [4.69, 9.17) is 4.74 Å². The Hall–Kier alpha value is -1.62. The summed E-state index contributed by atoms with van der Waals surface area (Å²) in [4.78, 5) is 10.1. The van der Waals surface area contributed by atoms with Gasteiger partial charge in [-0.25, -0.2) is 0 Å². The van der Waals surface area contributed by atoms with Gasteiger partial charge in [-0.15, -0.1) is 0 Å². The standard InChI is InChI=1S/C14H22N2O3/c1-14(2,3)15-10-4-5-11-19-13-8-6-12(7-9-13)16(17)18/h6-9,15H,4-5,10-11H2,1-3H3. The van der Waals surface area contributed by atoms with Crippen LogP contribution in [0.25, 0.3) is 0 Å². The number of hydrogen-bond donors (Lipinski definition) is 1. The van der Waals surface area contributed by atoms with E-state index in [1.165, 1.54) is 12.1 Å². The molecule has 0 unspecified atom stereocenters. The van der Waals surface area contributed by atoms with Gasteiger partial charge in [0.2, 0.25) is 0 Å². The Morgan fingerprint density at radius 3 is 2.37 bits per heavy atom. The second-order valence-corrected chi connectivity index (χ2v) is 5.48. The van der Waals surface area contributed by atoms with E-state index in [2.05, 4.69) is 26.1 Å². The van der Waals surface area contributed by atoms with E-state index in [0.29, 0.717) is 12.4 Å². The van der Waals surface area contributed by atoms with Crippen LogP contribution in [-0.4, -0.2) is 23.6 Å². The van der Waals surface area contributed by atoms with Crippen molar-refractivity contribution in [2.45, 2.75) is 39.2 Å². The smallest absolute Gasteiger partial charge is 0.269 e. The molecule has 0 atom stereocenters. The summed E-state index contributed by atoms with van der Waals surface area (Å²) in [5.74, 6) is 0.675. The maximum atomic E-state index is 10.5. The lowest BCUT2D eigenvalue weighted by Gasteiger charge is -2.20. The van der Waals surface area contributed by atoms with E-state index >= 15 is 0 Å². The Bertz CT molecular complexity index is 396. The molecule has 0 fully saturated rings. The fourth-order valence-corrected chi connectivity index (χ4v) is 1.54. The molecule has 0 spiro atoms. The first kappa shape index (κ1) is 15.4. The minimum absolute atomic E-state index is 0.0849. The number of nitro benzene ring substituents is 1. The van der Waals surface area contributed by atoms with Crippen LogP contribution in [0.2, 0.25) is 0 Å². The van der Waals surface area contributed by atoms with Crippen molar-refractivity contribution in [3.63, 3.8) is 0 Å². The quantitative estimate of drug-likeness (QED) is 0.468. The highest BCUT2D eigenvalue weighted by Crippen LogP contribution is 2.17. The normalized spacial score (nSPS) is 11.3. The number of benzene rings is 1. The number of nitrogens with one attached hydrogen (secondary N) is 1. The van der Waals surface area contributed by atoms with Gasteiger partial charge in [0.15, 0.2) is 0 Å². The monoisotopic (exact) mass is 266 g/mol. The topological polar surface area (TPSA) is 64.4 Å². The average molecular weight is 266 g/mol. The fourth-order valence-electron chi connectivity index (χ4n) is 1.54. The molecule has 0 aromatic heterocycles. The van der Waals surface area contributed by atoms with Gasteiger partial charge >= 0.3 is 0 Å². The summed E-state index contributed by atoms with van der Waals surface area (Å²) in [5.41, 5.74) is 0.237. The van der Waals surface area contributed by atoms with Crippen LogP contribution >= 0.6 is 0 Å². The Labute approximate surface area is 114 Å². The van der Waals surface area contributed by atoms with Crippen LogP contribution in [0.4, 0.5) is 5.69 Å². The molecule has 0 radical (unpaired) electrons. The Morgan fingerprint density at radius 2 is 1.84 bits per heavy atom. The molecule has 0 amide bonds. The van der Waals surface area contributed by atoms with E-state index in [-0.39, 0.29) is 11.2 Å². The number of unbranched alkanes of at least 4 members (excludes halogenated alkanes) is 1. The third-order valence-electron chi connectivity index (χ3n) is 2.54. The average Bonchev–Trinajstić information content (AvgIpc) is 2.33. The van der Waals surface area contributed by atoms with Crippen LogP contribution in [0.1, 0.15) is 33.6 Å². The van der Waals surface area contributed by atoms with Crippen molar-refractivity contribution in [1.82, 2.24) is 5.32 Å². The van der Waals surface area contributed by atoms with E-state index in [1.807, 2.05) is 0 Å².